The lowest BCUT2D eigenvalue weighted by atomic mass is 9.94. The number of hydrogen-bond donors (Lipinski definition) is 2. The van der Waals surface area contributed by atoms with E-state index >= 15 is 0 Å². The molecule has 0 heterocycles. The van der Waals surface area contributed by atoms with E-state index in [1.165, 1.54) is 0 Å². The summed E-state index contributed by atoms with van der Waals surface area (Å²) in [6, 6.07) is 9.21. The number of rotatable bonds is 4. The Kier molecular flexibility index (Phi) is 3.65. The van der Waals surface area contributed by atoms with Crippen LogP contribution in [-0.2, 0) is 11.2 Å². The molecule has 14 heavy (non-hydrogen) atoms. The van der Waals surface area contributed by atoms with Crippen LogP contribution in [0.25, 0.3) is 0 Å². The number of benzene rings is 1. The predicted molar refractivity (Wildman–Crippen MR) is 54.9 cm³/mol. The van der Waals surface area contributed by atoms with Gasteiger partial charge in [-0.05, 0) is 18.9 Å². The monoisotopic (exact) mass is 193 g/mol. The van der Waals surface area contributed by atoms with E-state index in [1.807, 2.05) is 30.3 Å². The van der Waals surface area contributed by atoms with E-state index in [1.54, 1.807) is 6.92 Å². The number of carbonyl (C=O) groups is 1. The standard InChI is InChI=1S/C11H15NO2/c1-8(12)10(11(13)14)7-9-5-3-2-4-6-9/h2-6,8,10H,7,12H2,1H3,(H,13,14)/t8?,10-/m1/s1. The zero-order chi connectivity index (χ0) is 10.6. The van der Waals surface area contributed by atoms with Crippen LogP contribution in [0.4, 0.5) is 0 Å². The van der Waals surface area contributed by atoms with Gasteiger partial charge >= 0.3 is 5.97 Å². The van der Waals surface area contributed by atoms with E-state index in [2.05, 4.69) is 0 Å². The predicted octanol–water partition coefficient (Wildman–Crippen LogP) is 1.28. The molecule has 0 saturated heterocycles. The van der Waals surface area contributed by atoms with Gasteiger partial charge in [-0.1, -0.05) is 30.3 Å². The van der Waals surface area contributed by atoms with Gasteiger partial charge in [0, 0.05) is 6.04 Å². The number of carboxylic acids is 1. The largest absolute Gasteiger partial charge is 0.481 e. The maximum absolute atomic E-state index is 10.9. The molecule has 0 aliphatic carbocycles. The quantitative estimate of drug-likeness (QED) is 0.757. The van der Waals surface area contributed by atoms with Crippen LogP contribution in [0.15, 0.2) is 30.3 Å². The van der Waals surface area contributed by atoms with Crippen molar-refractivity contribution in [2.75, 3.05) is 0 Å². The molecule has 0 spiro atoms. The molecule has 0 fully saturated rings. The molecular formula is C11H15NO2. The van der Waals surface area contributed by atoms with Crippen LogP contribution < -0.4 is 5.73 Å². The van der Waals surface area contributed by atoms with Gasteiger partial charge in [-0.3, -0.25) is 4.79 Å². The minimum absolute atomic E-state index is 0.326. The molecule has 0 radical (unpaired) electrons. The number of nitrogens with two attached hydrogens (primary N) is 1. The van der Waals surface area contributed by atoms with E-state index in [-0.39, 0.29) is 6.04 Å². The second-order valence-corrected chi connectivity index (χ2v) is 3.49. The third-order valence-electron chi connectivity index (χ3n) is 2.25. The van der Waals surface area contributed by atoms with Crippen LogP contribution in [0.1, 0.15) is 12.5 Å². The Hall–Kier alpha value is -1.35. The van der Waals surface area contributed by atoms with E-state index in [0.29, 0.717) is 6.42 Å². The third-order valence-corrected chi connectivity index (χ3v) is 2.25. The summed E-state index contributed by atoms with van der Waals surface area (Å²) >= 11 is 0. The van der Waals surface area contributed by atoms with Gasteiger partial charge in [0.25, 0.3) is 0 Å². The van der Waals surface area contributed by atoms with Crippen molar-refractivity contribution in [1.29, 1.82) is 0 Å². The van der Waals surface area contributed by atoms with Gasteiger partial charge in [-0.25, -0.2) is 0 Å². The highest BCUT2D eigenvalue weighted by Crippen LogP contribution is 2.11. The van der Waals surface area contributed by atoms with Crippen molar-refractivity contribution < 1.29 is 9.90 Å². The Morgan fingerprint density at radius 3 is 2.43 bits per heavy atom. The van der Waals surface area contributed by atoms with Crippen molar-refractivity contribution in [3.8, 4) is 0 Å². The molecule has 0 aliphatic rings. The Morgan fingerprint density at radius 2 is 2.00 bits per heavy atom. The Bertz CT molecular complexity index is 295. The lowest BCUT2D eigenvalue weighted by Gasteiger charge is -2.15. The first-order chi connectivity index (χ1) is 6.61. The normalized spacial score (nSPS) is 14.7. The fraction of sp³-hybridized carbons (Fsp3) is 0.364. The molecule has 0 aliphatic heterocycles. The molecule has 1 rings (SSSR count). The van der Waals surface area contributed by atoms with E-state index in [9.17, 15) is 4.79 Å². The lowest BCUT2D eigenvalue weighted by molar-refractivity contribution is -0.142. The second-order valence-electron chi connectivity index (χ2n) is 3.49. The highest BCUT2D eigenvalue weighted by molar-refractivity contribution is 5.71. The Labute approximate surface area is 83.6 Å². The van der Waals surface area contributed by atoms with Crippen LogP contribution in [0.5, 0.6) is 0 Å². The van der Waals surface area contributed by atoms with E-state index in [0.717, 1.165) is 5.56 Å². The first kappa shape index (κ1) is 10.7. The molecule has 0 amide bonds. The molecule has 3 nitrogen and oxygen atoms in total. The molecular weight excluding hydrogens is 178 g/mol. The van der Waals surface area contributed by atoms with Crippen LogP contribution >= 0.6 is 0 Å². The molecule has 3 heteroatoms. The van der Waals surface area contributed by atoms with Gasteiger partial charge in [0.2, 0.25) is 0 Å². The lowest BCUT2D eigenvalue weighted by Crippen LogP contribution is -2.34. The molecule has 0 bridgehead atoms. The molecule has 1 aromatic carbocycles. The van der Waals surface area contributed by atoms with Crippen molar-refractivity contribution >= 4 is 5.97 Å². The molecule has 2 atom stereocenters. The van der Waals surface area contributed by atoms with Crippen molar-refractivity contribution in [2.45, 2.75) is 19.4 Å². The summed E-state index contributed by atoms with van der Waals surface area (Å²) in [5, 5.41) is 8.92. The molecule has 0 saturated carbocycles. The van der Waals surface area contributed by atoms with Crippen LogP contribution in [0.2, 0.25) is 0 Å². The SMILES string of the molecule is CC(N)[C@@H](Cc1ccccc1)C(=O)O. The third kappa shape index (κ3) is 2.85. The smallest absolute Gasteiger partial charge is 0.308 e. The highest BCUT2D eigenvalue weighted by Gasteiger charge is 2.21. The average Bonchev–Trinajstić information content (AvgIpc) is 2.15. The van der Waals surface area contributed by atoms with Crippen LogP contribution in [-0.4, -0.2) is 17.1 Å². The van der Waals surface area contributed by atoms with Gasteiger partial charge in [0.05, 0.1) is 5.92 Å². The zero-order valence-corrected chi connectivity index (χ0v) is 8.18. The van der Waals surface area contributed by atoms with Gasteiger partial charge in [0.15, 0.2) is 0 Å². The maximum atomic E-state index is 10.9. The Balaban J connectivity index is 2.70. The molecule has 1 unspecified atom stereocenters. The van der Waals surface area contributed by atoms with Gasteiger partial charge in [0.1, 0.15) is 0 Å². The first-order valence-electron chi connectivity index (χ1n) is 4.63. The first-order valence-corrected chi connectivity index (χ1v) is 4.63. The average molecular weight is 193 g/mol. The number of carboxylic acid groups (broad SMARTS) is 1. The highest BCUT2D eigenvalue weighted by atomic mass is 16.4. The van der Waals surface area contributed by atoms with Crippen molar-refractivity contribution in [1.82, 2.24) is 0 Å². The zero-order valence-electron chi connectivity index (χ0n) is 8.18. The molecule has 0 aromatic heterocycles. The maximum Gasteiger partial charge on any atom is 0.308 e. The van der Waals surface area contributed by atoms with Crippen molar-refractivity contribution in [2.24, 2.45) is 11.7 Å². The summed E-state index contributed by atoms with van der Waals surface area (Å²) < 4.78 is 0. The summed E-state index contributed by atoms with van der Waals surface area (Å²) in [5.74, 6) is -1.33. The Morgan fingerprint density at radius 1 is 1.43 bits per heavy atom. The summed E-state index contributed by atoms with van der Waals surface area (Å²) in [5.41, 5.74) is 6.62. The van der Waals surface area contributed by atoms with Crippen LogP contribution in [0.3, 0.4) is 0 Å². The fourth-order valence-electron chi connectivity index (χ4n) is 1.37. The van der Waals surface area contributed by atoms with E-state index in [4.69, 9.17) is 10.8 Å². The number of aliphatic carboxylic acids is 1. The van der Waals surface area contributed by atoms with Crippen molar-refractivity contribution in [3.05, 3.63) is 35.9 Å². The summed E-state index contributed by atoms with van der Waals surface area (Å²) in [7, 11) is 0. The van der Waals surface area contributed by atoms with Gasteiger partial charge in [-0.15, -0.1) is 0 Å². The summed E-state index contributed by atoms with van der Waals surface area (Å²) in [4.78, 5) is 10.9. The topological polar surface area (TPSA) is 63.3 Å². The van der Waals surface area contributed by atoms with Crippen LogP contribution in [0, 0.1) is 5.92 Å². The molecule has 3 N–H and O–H groups in total. The molecule has 76 valence electrons. The van der Waals surface area contributed by atoms with Crippen molar-refractivity contribution in [3.63, 3.8) is 0 Å². The minimum atomic E-state index is -0.830. The van der Waals surface area contributed by atoms with E-state index < -0.39 is 11.9 Å². The second kappa shape index (κ2) is 4.77. The summed E-state index contributed by atoms with van der Waals surface area (Å²) in [6.07, 6.45) is 0.494. The van der Waals surface area contributed by atoms with Gasteiger partial charge < -0.3 is 10.8 Å². The number of hydrogen-bond acceptors (Lipinski definition) is 2. The summed E-state index contributed by atoms with van der Waals surface area (Å²) in [6.45, 7) is 1.72. The van der Waals surface area contributed by atoms with Gasteiger partial charge in [-0.2, -0.15) is 0 Å². The molecule has 1 aromatic rings. The fourth-order valence-corrected chi connectivity index (χ4v) is 1.37. The minimum Gasteiger partial charge on any atom is -0.481 e.